The molecule has 0 saturated heterocycles. The number of nitrogens with two attached hydrogens (primary N) is 1. The van der Waals surface area contributed by atoms with Crippen molar-refractivity contribution in [2.75, 3.05) is 6.61 Å². The second-order valence-corrected chi connectivity index (χ2v) is 5.10. The van der Waals surface area contributed by atoms with Gasteiger partial charge in [-0.05, 0) is 31.0 Å². The summed E-state index contributed by atoms with van der Waals surface area (Å²) in [5.74, 6) is 0.605. The van der Waals surface area contributed by atoms with E-state index in [1.165, 1.54) is 12.8 Å². The summed E-state index contributed by atoms with van der Waals surface area (Å²) in [6, 6.07) is 7.70. The van der Waals surface area contributed by atoms with Crippen LogP contribution in [0.3, 0.4) is 0 Å². The lowest BCUT2D eigenvalue weighted by molar-refractivity contribution is -0.123. The highest BCUT2D eigenvalue weighted by molar-refractivity contribution is 5.77. The fourth-order valence-electron chi connectivity index (χ4n) is 2.00. The Morgan fingerprint density at radius 2 is 2.20 bits per heavy atom. The fourth-order valence-corrected chi connectivity index (χ4v) is 2.00. The van der Waals surface area contributed by atoms with Crippen molar-refractivity contribution in [2.45, 2.75) is 52.1 Å². The zero-order valence-electron chi connectivity index (χ0n) is 12.5. The summed E-state index contributed by atoms with van der Waals surface area (Å²) in [7, 11) is 0. The Morgan fingerprint density at radius 1 is 1.40 bits per heavy atom. The average molecular weight is 278 g/mol. The molecule has 0 aliphatic carbocycles. The number of ether oxygens (including phenoxy) is 1. The van der Waals surface area contributed by atoms with Gasteiger partial charge in [0.05, 0.1) is 0 Å². The van der Waals surface area contributed by atoms with E-state index in [1.807, 2.05) is 31.2 Å². The van der Waals surface area contributed by atoms with E-state index in [-0.39, 0.29) is 18.6 Å². The second kappa shape index (κ2) is 9.37. The van der Waals surface area contributed by atoms with E-state index >= 15 is 0 Å². The molecule has 1 unspecified atom stereocenters. The molecule has 1 amide bonds. The molecule has 4 heteroatoms. The third-order valence-electron chi connectivity index (χ3n) is 3.15. The van der Waals surface area contributed by atoms with Gasteiger partial charge in [0.2, 0.25) is 0 Å². The van der Waals surface area contributed by atoms with Crippen LogP contribution in [0, 0.1) is 0 Å². The lowest BCUT2D eigenvalue weighted by atomic mass is 10.1. The van der Waals surface area contributed by atoms with Crippen molar-refractivity contribution in [3.63, 3.8) is 0 Å². The summed E-state index contributed by atoms with van der Waals surface area (Å²) in [5, 5.41) is 2.95. The summed E-state index contributed by atoms with van der Waals surface area (Å²) in [6.07, 6.45) is 4.57. The highest BCUT2D eigenvalue weighted by Gasteiger charge is 2.07. The van der Waals surface area contributed by atoms with Gasteiger partial charge >= 0.3 is 0 Å². The molecule has 112 valence electrons. The molecule has 0 saturated carbocycles. The summed E-state index contributed by atoms with van der Waals surface area (Å²) in [6.45, 7) is 4.72. The Hall–Kier alpha value is -1.55. The highest BCUT2D eigenvalue weighted by Crippen LogP contribution is 2.12. The standard InChI is InChI=1S/C16H26N2O2/c1-3-4-5-7-13(2)18-16(19)12-20-15-9-6-8-14(10-15)11-17/h6,8-10,13H,3-5,7,11-12,17H2,1-2H3,(H,18,19). The van der Waals surface area contributed by atoms with Gasteiger partial charge in [0.25, 0.3) is 5.91 Å². The maximum absolute atomic E-state index is 11.8. The second-order valence-electron chi connectivity index (χ2n) is 5.10. The van der Waals surface area contributed by atoms with Crippen molar-refractivity contribution >= 4 is 5.91 Å². The molecule has 1 aromatic carbocycles. The fraction of sp³-hybridized carbons (Fsp3) is 0.562. The summed E-state index contributed by atoms with van der Waals surface area (Å²) < 4.78 is 5.47. The molecule has 3 N–H and O–H groups in total. The van der Waals surface area contributed by atoms with E-state index in [1.54, 1.807) is 0 Å². The molecule has 0 aliphatic heterocycles. The van der Waals surface area contributed by atoms with Crippen molar-refractivity contribution in [2.24, 2.45) is 5.73 Å². The molecule has 0 heterocycles. The van der Waals surface area contributed by atoms with Crippen molar-refractivity contribution < 1.29 is 9.53 Å². The minimum Gasteiger partial charge on any atom is -0.484 e. The van der Waals surface area contributed by atoms with Gasteiger partial charge in [0.1, 0.15) is 5.75 Å². The quantitative estimate of drug-likeness (QED) is 0.682. The van der Waals surface area contributed by atoms with Gasteiger partial charge in [0, 0.05) is 12.6 Å². The highest BCUT2D eigenvalue weighted by atomic mass is 16.5. The zero-order chi connectivity index (χ0) is 14.8. The van der Waals surface area contributed by atoms with Crippen molar-refractivity contribution in [1.82, 2.24) is 5.32 Å². The van der Waals surface area contributed by atoms with Crippen molar-refractivity contribution in [1.29, 1.82) is 0 Å². The van der Waals surface area contributed by atoms with Gasteiger partial charge in [-0.25, -0.2) is 0 Å². The first-order valence-electron chi connectivity index (χ1n) is 7.37. The summed E-state index contributed by atoms with van der Waals surface area (Å²) in [4.78, 5) is 11.8. The van der Waals surface area contributed by atoms with E-state index in [0.717, 1.165) is 18.4 Å². The van der Waals surface area contributed by atoms with Crippen LogP contribution in [-0.2, 0) is 11.3 Å². The molecular weight excluding hydrogens is 252 g/mol. The zero-order valence-corrected chi connectivity index (χ0v) is 12.5. The molecule has 0 spiro atoms. The minimum atomic E-state index is -0.0767. The molecular formula is C16H26N2O2. The van der Waals surface area contributed by atoms with Crippen LogP contribution < -0.4 is 15.8 Å². The average Bonchev–Trinajstić information content (AvgIpc) is 2.45. The topological polar surface area (TPSA) is 64.3 Å². The van der Waals surface area contributed by atoms with Gasteiger partial charge in [-0.3, -0.25) is 4.79 Å². The molecule has 20 heavy (non-hydrogen) atoms. The Bertz CT molecular complexity index is 407. The number of carbonyl (C=O) groups is 1. The maximum atomic E-state index is 11.8. The Kier molecular flexibility index (Phi) is 7.73. The van der Waals surface area contributed by atoms with Gasteiger partial charge in [-0.2, -0.15) is 0 Å². The predicted octanol–water partition coefficient (Wildman–Crippen LogP) is 2.61. The van der Waals surface area contributed by atoms with Crippen LogP contribution >= 0.6 is 0 Å². The summed E-state index contributed by atoms with van der Waals surface area (Å²) in [5.41, 5.74) is 6.56. The number of benzene rings is 1. The lowest BCUT2D eigenvalue weighted by Crippen LogP contribution is -2.36. The van der Waals surface area contributed by atoms with Crippen LogP contribution in [0.2, 0.25) is 0 Å². The minimum absolute atomic E-state index is 0.0478. The monoisotopic (exact) mass is 278 g/mol. The number of unbranched alkanes of at least 4 members (excludes halogenated alkanes) is 2. The van der Waals surface area contributed by atoms with Crippen LogP contribution in [0.5, 0.6) is 5.75 Å². The first-order chi connectivity index (χ1) is 9.65. The molecule has 0 aliphatic rings. The molecule has 1 rings (SSSR count). The number of carbonyl (C=O) groups excluding carboxylic acids is 1. The first kappa shape index (κ1) is 16.5. The Labute approximate surface area is 121 Å². The van der Waals surface area contributed by atoms with Gasteiger partial charge in [0.15, 0.2) is 6.61 Å². The van der Waals surface area contributed by atoms with Gasteiger partial charge < -0.3 is 15.8 Å². The molecule has 0 fully saturated rings. The largest absolute Gasteiger partial charge is 0.484 e. The summed E-state index contributed by atoms with van der Waals surface area (Å²) >= 11 is 0. The van der Waals surface area contributed by atoms with Crippen LogP contribution in [0.25, 0.3) is 0 Å². The predicted molar refractivity (Wildman–Crippen MR) is 81.6 cm³/mol. The van der Waals surface area contributed by atoms with Crippen LogP contribution in [-0.4, -0.2) is 18.6 Å². The smallest absolute Gasteiger partial charge is 0.258 e. The van der Waals surface area contributed by atoms with Crippen LogP contribution in [0.4, 0.5) is 0 Å². The van der Waals surface area contributed by atoms with Crippen molar-refractivity contribution in [3.8, 4) is 5.75 Å². The van der Waals surface area contributed by atoms with E-state index < -0.39 is 0 Å². The molecule has 4 nitrogen and oxygen atoms in total. The molecule has 1 atom stereocenters. The first-order valence-corrected chi connectivity index (χ1v) is 7.37. The number of hydrogen-bond donors (Lipinski definition) is 2. The van der Waals surface area contributed by atoms with E-state index in [9.17, 15) is 4.79 Å². The van der Waals surface area contributed by atoms with Crippen LogP contribution in [0.1, 0.15) is 45.1 Å². The number of rotatable bonds is 9. The van der Waals surface area contributed by atoms with Gasteiger partial charge in [-0.1, -0.05) is 38.3 Å². The van der Waals surface area contributed by atoms with E-state index in [4.69, 9.17) is 10.5 Å². The molecule has 0 bridgehead atoms. The number of hydrogen-bond acceptors (Lipinski definition) is 3. The maximum Gasteiger partial charge on any atom is 0.258 e. The molecule has 0 radical (unpaired) electrons. The van der Waals surface area contributed by atoms with Crippen LogP contribution in [0.15, 0.2) is 24.3 Å². The van der Waals surface area contributed by atoms with E-state index in [0.29, 0.717) is 12.3 Å². The van der Waals surface area contributed by atoms with E-state index in [2.05, 4.69) is 12.2 Å². The third kappa shape index (κ3) is 6.57. The van der Waals surface area contributed by atoms with Crippen molar-refractivity contribution in [3.05, 3.63) is 29.8 Å². The molecule has 1 aromatic rings. The SMILES string of the molecule is CCCCCC(C)NC(=O)COc1cccc(CN)c1. The Balaban J connectivity index is 2.28. The lowest BCUT2D eigenvalue weighted by Gasteiger charge is -2.14. The normalized spacial score (nSPS) is 11.9. The number of nitrogens with one attached hydrogen (secondary N) is 1. The number of amides is 1. The van der Waals surface area contributed by atoms with Gasteiger partial charge in [-0.15, -0.1) is 0 Å². The third-order valence-corrected chi connectivity index (χ3v) is 3.15. The Morgan fingerprint density at radius 3 is 2.90 bits per heavy atom. The molecule has 0 aromatic heterocycles.